The summed E-state index contributed by atoms with van der Waals surface area (Å²) in [6.45, 7) is 4.56. The van der Waals surface area contributed by atoms with Crippen molar-refractivity contribution in [3.05, 3.63) is 58.4 Å². The molecule has 3 heterocycles. The van der Waals surface area contributed by atoms with Crippen molar-refractivity contribution in [2.45, 2.75) is 38.1 Å². The molecule has 1 aliphatic carbocycles. The van der Waals surface area contributed by atoms with Gasteiger partial charge in [-0.15, -0.1) is 0 Å². The smallest absolute Gasteiger partial charge is 0.254 e. The van der Waals surface area contributed by atoms with Crippen LogP contribution in [0.25, 0.3) is 11.0 Å². The average Bonchev–Trinajstić information content (AvgIpc) is 3.30. The number of nitrogens with one attached hydrogen (secondary N) is 1. The first-order valence-electron chi connectivity index (χ1n) is 11.3. The molecule has 0 atom stereocenters. The summed E-state index contributed by atoms with van der Waals surface area (Å²) in [5.41, 5.74) is 7.91. The van der Waals surface area contributed by atoms with E-state index in [1.807, 2.05) is 18.9 Å². The van der Waals surface area contributed by atoms with Crippen molar-refractivity contribution in [3.63, 3.8) is 0 Å². The van der Waals surface area contributed by atoms with Gasteiger partial charge in [-0.05, 0) is 55.4 Å². The molecule has 1 N–H and O–H groups in total. The maximum atomic E-state index is 13.5. The Bertz CT molecular complexity index is 1180. The predicted octanol–water partition coefficient (Wildman–Crippen LogP) is 3.25. The number of hydrogen-bond acceptors (Lipinski definition) is 4. The number of nitrogens with zero attached hydrogens (tertiary/aromatic N) is 3. The Morgan fingerprint density at radius 2 is 1.87 bits per heavy atom. The fourth-order valence-corrected chi connectivity index (χ4v) is 5.65. The lowest BCUT2D eigenvalue weighted by Crippen LogP contribution is -2.44. The minimum atomic E-state index is 0.00960. The van der Waals surface area contributed by atoms with Crippen molar-refractivity contribution in [1.82, 2.24) is 14.5 Å². The van der Waals surface area contributed by atoms with E-state index >= 15 is 0 Å². The van der Waals surface area contributed by atoms with Crippen LogP contribution in [0.3, 0.4) is 0 Å². The number of benzene rings is 2. The third kappa shape index (κ3) is 2.88. The summed E-state index contributed by atoms with van der Waals surface area (Å²) in [7, 11) is 2.03. The molecule has 1 spiro atoms. The van der Waals surface area contributed by atoms with Crippen LogP contribution in [-0.4, -0.2) is 52.2 Å². The van der Waals surface area contributed by atoms with Gasteiger partial charge in [0.25, 0.3) is 5.91 Å². The van der Waals surface area contributed by atoms with E-state index in [4.69, 9.17) is 9.72 Å². The number of anilines is 1. The summed E-state index contributed by atoms with van der Waals surface area (Å²) in [5.74, 6) is 1.08. The number of morpholine rings is 1. The van der Waals surface area contributed by atoms with Crippen molar-refractivity contribution in [2.24, 2.45) is 7.05 Å². The van der Waals surface area contributed by atoms with Crippen LogP contribution in [-0.2, 0) is 31.0 Å². The number of fused-ring (bicyclic) bond motifs is 4. The lowest BCUT2D eigenvalue weighted by Gasteiger charge is -2.38. The zero-order chi connectivity index (χ0) is 21.2. The number of amides is 1. The molecule has 160 valence electrons. The number of ether oxygens (including phenoxy) is 1. The molecule has 0 bridgehead atoms. The van der Waals surface area contributed by atoms with Gasteiger partial charge in [-0.25, -0.2) is 4.98 Å². The highest BCUT2D eigenvalue weighted by Gasteiger charge is 2.41. The Morgan fingerprint density at radius 1 is 1.16 bits per heavy atom. The minimum absolute atomic E-state index is 0.00960. The van der Waals surface area contributed by atoms with Crippen LogP contribution in [0.15, 0.2) is 30.3 Å². The van der Waals surface area contributed by atoms with Gasteiger partial charge in [-0.2, -0.15) is 0 Å². The lowest BCUT2D eigenvalue weighted by molar-refractivity contribution is 0.0302. The number of carbonyl (C=O) groups excluding carboxylic acids is 1. The second kappa shape index (κ2) is 6.82. The molecule has 1 saturated heterocycles. The Kier molecular flexibility index (Phi) is 4.15. The van der Waals surface area contributed by atoms with E-state index in [-0.39, 0.29) is 11.4 Å². The SMILES string of the molecule is Cc1nc2c3c(c(C(=O)N4CCOCC4)cc2n1C)CCC1(Cc2ccccc2C1)N3. The lowest BCUT2D eigenvalue weighted by atomic mass is 9.82. The topological polar surface area (TPSA) is 59.4 Å². The molecule has 6 rings (SSSR count). The zero-order valence-corrected chi connectivity index (χ0v) is 18.2. The van der Waals surface area contributed by atoms with E-state index < -0.39 is 0 Å². The van der Waals surface area contributed by atoms with Crippen LogP contribution in [0.1, 0.15) is 39.3 Å². The molecule has 1 aromatic heterocycles. The van der Waals surface area contributed by atoms with Gasteiger partial charge in [-0.3, -0.25) is 4.79 Å². The minimum Gasteiger partial charge on any atom is -0.378 e. The highest BCUT2D eigenvalue weighted by Crippen LogP contribution is 2.44. The molecule has 0 unspecified atom stereocenters. The normalized spacial score (nSPS) is 19.4. The quantitative estimate of drug-likeness (QED) is 0.662. The largest absolute Gasteiger partial charge is 0.378 e. The Balaban J connectivity index is 1.47. The predicted molar refractivity (Wildman–Crippen MR) is 121 cm³/mol. The maximum Gasteiger partial charge on any atom is 0.254 e. The molecule has 3 aromatic rings. The van der Waals surface area contributed by atoms with Gasteiger partial charge in [0.05, 0.1) is 24.4 Å². The van der Waals surface area contributed by atoms with Crippen LogP contribution in [0, 0.1) is 6.92 Å². The van der Waals surface area contributed by atoms with Gasteiger partial charge in [-0.1, -0.05) is 24.3 Å². The number of rotatable bonds is 1. The number of hydrogen-bond donors (Lipinski definition) is 1. The summed E-state index contributed by atoms with van der Waals surface area (Å²) < 4.78 is 7.56. The monoisotopic (exact) mass is 416 g/mol. The van der Waals surface area contributed by atoms with Gasteiger partial charge in [0.2, 0.25) is 0 Å². The molecule has 1 fully saturated rings. The molecule has 6 nitrogen and oxygen atoms in total. The van der Waals surface area contributed by atoms with Crippen LogP contribution >= 0.6 is 0 Å². The van der Waals surface area contributed by atoms with Crippen molar-refractivity contribution in [3.8, 4) is 0 Å². The average molecular weight is 417 g/mol. The van der Waals surface area contributed by atoms with Crippen molar-refractivity contribution >= 4 is 22.6 Å². The highest BCUT2D eigenvalue weighted by atomic mass is 16.5. The van der Waals surface area contributed by atoms with Crippen molar-refractivity contribution in [2.75, 3.05) is 31.6 Å². The van der Waals surface area contributed by atoms with E-state index in [1.54, 1.807) is 0 Å². The van der Waals surface area contributed by atoms with Crippen LogP contribution in [0.4, 0.5) is 5.69 Å². The molecule has 0 radical (unpaired) electrons. The van der Waals surface area contributed by atoms with E-state index in [2.05, 4.69) is 40.2 Å². The van der Waals surface area contributed by atoms with Gasteiger partial charge >= 0.3 is 0 Å². The highest BCUT2D eigenvalue weighted by molar-refractivity contribution is 6.04. The number of aryl methyl sites for hydroxylation is 2. The number of imidazole rings is 1. The first-order chi connectivity index (χ1) is 15.0. The molecular formula is C25H28N4O2. The number of aromatic nitrogens is 2. The summed E-state index contributed by atoms with van der Waals surface area (Å²) in [4.78, 5) is 20.4. The third-order valence-electron chi connectivity index (χ3n) is 7.46. The first-order valence-corrected chi connectivity index (χ1v) is 11.3. The van der Waals surface area contributed by atoms with E-state index in [0.29, 0.717) is 26.3 Å². The van der Waals surface area contributed by atoms with Crippen LogP contribution in [0.5, 0.6) is 0 Å². The third-order valence-corrected chi connectivity index (χ3v) is 7.46. The van der Waals surface area contributed by atoms with Gasteiger partial charge < -0.3 is 19.5 Å². The molecule has 2 aliphatic heterocycles. The Labute approximate surface area is 182 Å². The van der Waals surface area contributed by atoms with Crippen LogP contribution < -0.4 is 5.32 Å². The molecule has 1 amide bonds. The second-order valence-electron chi connectivity index (χ2n) is 9.30. The Hall–Kier alpha value is -2.86. The fourth-order valence-electron chi connectivity index (χ4n) is 5.65. The second-order valence-corrected chi connectivity index (χ2v) is 9.30. The summed E-state index contributed by atoms with van der Waals surface area (Å²) in [6, 6.07) is 10.8. The van der Waals surface area contributed by atoms with Crippen molar-refractivity contribution in [1.29, 1.82) is 0 Å². The summed E-state index contributed by atoms with van der Waals surface area (Å²) in [6.07, 6.45) is 3.97. The Morgan fingerprint density at radius 3 is 2.58 bits per heavy atom. The van der Waals surface area contributed by atoms with Crippen LogP contribution in [0.2, 0.25) is 0 Å². The first kappa shape index (κ1) is 18.9. The number of carbonyl (C=O) groups is 1. The summed E-state index contributed by atoms with van der Waals surface area (Å²) in [5, 5.41) is 3.93. The fraction of sp³-hybridized carbons (Fsp3) is 0.440. The maximum absolute atomic E-state index is 13.5. The molecule has 3 aliphatic rings. The standard InChI is InChI=1S/C25H28N4O2/c1-16-26-23-21(28(16)2)13-20(24(30)29-9-11-31-12-10-29)19-7-8-25(27-22(19)23)14-17-5-3-4-6-18(17)15-25/h3-6,13,27H,7-12,14-15H2,1-2H3. The molecule has 2 aromatic carbocycles. The van der Waals surface area contributed by atoms with E-state index in [1.165, 1.54) is 11.1 Å². The molecular weight excluding hydrogens is 388 g/mol. The zero-order valence-electron chi connectivity index (χ0n) is 18.2. The van der Waals surface area contributed by atoms with Gasteiger partial charge in [0, 0.05) is 31.2 Å². The summed E-state index contributed by atoms with van der Waals surface area (Å²) >= 11 is 0. The van der Waals surface area contributed by atoms with Crippen molar-refractivity contribution < 1.29 is 9.53 Å². The van der Waals surface area contributed by atoms with E-state index in [9.17, 15) is 4.79 Å². The molecule has 0 saturated carbocycles. The van der Waals surface area contributed by atoms with E-state index in [0.717, 1.165) is 59.4 Å². The molecule has 31 heavy (non-hydrogen) atoms. The van der Waals surface area contributed by atoms with Gasteiger partial charge in [0.1, 0.15) is 11.3 Å². The van der Waals surface area contributed by atoms with Gasteiger partial charge in [0.15, 0.2) is 0 Å². The molecule has 6 heteroatoms.